The van der Waals surface area contributed by atoms with Crippen molar-refractivity contribution in [2.75, 3.05) is 11.9 Å². The minimum atomic E-state index is -1.58. The monoisotopic (exact) mass is 647 g/mol. The number of nitrogens with zero attached hydrogens (tertiary/aromatic N) is 2. The van der Waals surface area contributed by atoms with Gasteiger partial charge in [-0.3, -0.25) is 19.7 Å². The zero-order chi connectivity index (χ0) is 33.9. The van der Waals surface area contributed by atoms with Gasteiger partial charge in [-0.05, 0) is 87.2 Å². The van der Waals surface area contributed by atoms with Gasteiger partial charge in [0.2, 0.25) is 0 Å². The molecule has 0 amide bonds. The van der Waals surface area contributed by atoms with Gasteiger partial charge in [0.15, 0.2) is 5.78 Å². The minimum absolute atomic E-state index is 0.0154. The van der Waals surface area contributed by atoms with Crippen molar-refractivity contribution in [3.05, 3.63) is 52.6 Å². The largest absolute Gasteiger partial charge is 0.393 e. The first-order valence-corrected chi connectivity index (χ1v) is 16.7. The summed E-state index contributed by atoms with van der Waals surface area (Å²) in [4.78, 5) is 41.0. The average Bonchev–Trinajstić information content (AvgIpc) is 3.30. The number of anilines is 1. The van der Waals surface area contributed by atoms with Gasteiger partial charge < -0.3 is 25.7 Å². The molecule has 1 heterocycles. The number of rotatable bonds is 5. The van der Waals surface area contributed by atoms with Crippen LogP contribution in [0.2, 0.25) is 0 Å². The Morgan fingerprint density at radius 3 is 2.51 bits per heavy atom. The van der Waals surface area contributed by atoms with Gasteiger partial charge in [0, 0.05) is 29.2 Å². The van der Waals surface area contributed by atoms with Gasteiger partial charge in [-0.15, -0.1) is 0 Å². The molecule has 11 nitrogen and oxygen atoms in total. The molecule has 9 atom stereocenters. The van der Waals surface area contributed by atoms with E-state index in [2.05, 4.69) is 17.2 Å². The quantitative estimate of drug-likeness (QED) is 0.110. The maximum absolute atomic E-state index is 13.4. The van der Waals surface area contributed by atoms with E-state index in [1.807, 2.05) is 31.2 Å². The highest BCUT2D eigenvalue weighted by atomic mass is 16.6. The summed E-state index contributed by atoms with van der Waals surface area (Å²) in [6.07, 6.45) is 4.64. The predicted octanol–water partition coefficient (Wildman–Crippen LogP) is 4.91. The third-order valence-electron chi connectivity index (χ3n) is 12.3. The predicted molar refractivity (Wildman–Crippen MR) is 176 cm³/mol. The number of benzene rings is 2. The van der Waals surface area contributed by atoms with Crippen molar-refractivity contribution in [3.8, 4) is 0 Å². The first-order valence-electron chi connectivity index (χ1n) is 16.7. The Kier molecular flexibility index (Phi) is 8.65. The molecule has 1 aromatic heterocycles. The molecule has 0 spiro atoms. The molecule has 4 saturated carbocycles. The zero-order valence-electron chi connectivity index (χ0n) is 27.2. The van der Waals surface area contributed by atoms with Crippen molar-refractivity contribution in [1.29, 1.82) is 0 Å². The normalized spacial score (nSPS) is 35.2. The van der Waals surface area contributed by atoms with E-state index in [0.29, 0.717) is 34.4 Å². The van der Waals surface area contributed by atoms with Crippen molar-refractivity contribution < 1.29 is 34.9 Å². The highest BCUT2D eigenvalue weighted by Crippen LogP contribution is 2.67. The van der Waals surface area contributed by atoms with Crippen molar-refractivity contribution in [3.63, 3.8) is 0 Å². The molecule has 11 heteroatoms. The zero-order valence-corrected chi connectivity index (χ0v) is 27.2. The summed E-state index contributed by atoms with van der Waals surface area (Å²) in [6, 6.07) is 12.1. The highest BCUT2D eigenvalue weighted by molar-refractivity contribution is 6.11. The van der Waals surface area contributed by atoms with Crippen LogP contribution in [0.5, 0.6) is 0 Å². The number of hydrogen-bond donors (Lipinski definition) is 5. The molecule has 0 saturated heterocycles. The van der Waals surface area contributed by atoms with Crippen LogP contribution in [0.1, 0.15) is 72.1 Å². The summed E-state index contributed by atoms with van der Waals surface area (Å²) < 4.78 is 0. The number of nitro benzene ring substituents is 1. The maximum atomic E-state index is 13.4. The van der Waals surface area contributed by atoms with Crippen molar-refractivity contribution in [2.45, 2.75) is 90.1 Å². The number of pyridine rings is 1. The number of non-ortho nitro benzene ring substituents is 1. The lowest BCUT2D eigenvalue weighted by atomic mass is 9.44. The second-order valence-electron chi connectivity index (χ2n) is 14.7. The Labute approximate surface area is 273 Å². The number of carbonyl (C=O) groups is 2. The molecule has 0 bridgehead atoms. The summed E-state index contributed by atoms with van der Waals surface area (Å²) in [5.41, 5.74) is -0.676. The third kappa shape index (κ3) is 5.31. The number of fused-ring (bicyclic) bond motifs is 7. The summed E-state index contributed by atoms with van der Waals surface area (Å²) in [5, 5.41) is 55.6. The van der Waals surface area contributed by atoms with E-state index in [9.17, 15) is 40.1 Å². The van der Waals surface area contributed by atoms with E-state index in [0.717, 1.165) is 43.9 Å². The van der Waals surface area contributed by atoms with E-state index in [-0.39, 0.29) is 47.2 Å². The molecule has 0 aliphatic heterocycles. The minimum Gasteiger partial charge on any atom is -0.393 e. The number of carbonyl (C=O) groups excluding carboxylic acids is 2. The van der Waals surface area contributed by atoms with Crippen LogP contribution in [0, 0.1) is 44.6 Å². The van der Waals surface area contributed by atoms with Gasteiger partial charge in [-0.25, -0.2) is 4.98 Å². The number of aliphatic hydroxyl groups is 4. The molecular formula is C36H45N3O8. The Hall–Kier alpha value is -3.51. The van der Waals surface area contributed by atoms with E-state index >= 15 is 0 Å². The summed E-state index contributed by atoms with van der Waals surface area (Å²) in [6.45, 7) is 5.03. The number of Topliss-reactive ketones (excluding diaryl/α,β-unsaturated/α-hetero) is 2. The highest BCUT2D eigenvalue weighted by Gasteiger charge is 2.68. The van der Waals surface area contributed by atoms with Gasteiger partial charge in [-0.1, -0.05) is 38.1 Å². The fourth-order valence-corrected chi connectivity index (χ4v) is 10.1. The van der Waals surface area contributed by atoms with Crippen LogP contribution in [-0.2, 0) is 9.59 Å². The number of ketones is 2. The Bertz CT molecular complexity index is 1730. The lowest BCUT2D eigenvalue weighted by Gasteiger charge is -2.60. The fourth-order valence-electron chi connectivity index (χ4n) is 10.1. The van der Waals surface area contributed by atoms with Crippen LogP contribution in [0.4, 0.5) is 11.4 Å². The number of aliphatic hydroxyl groups excluding tert-OH is 3. The summed E-state index contributed by atoms with van der Waals surface area (Å²) in [5.74, 6) is 0.380. The van der Waals surface area contributed by atoms with Crippen molar-refractivity contribution in [2.24, 2.45) is 34.5 Å². The average molecular weight is 648 g/mol. The van der Waals surface area contributed by atoms with Crippen LogP contribution < -0.4 is 5.32 Å². The number of para-hydroxylation sites is 1. The first-order chi connectivity index (χ1) is 22.2. The topological polar surface area (TPSA) is 183 Å². The van der Waals surface area contributed by atoms with Crippen LogP contribution in [0.15, 0.2) is 42.5 Å². The molecule has 7 rings (SSSR count). The standard InChI is InChI=1S/C21H32O5.C15H13N3O3/c1-19-7-5-13(23)9-12(19)3-4-14-15-6-8-21(26,17(25)11-22)20(15,2)10-16(24)18(14)19;1-9(19)16-15-10-5-2-3-6-11(10)17-12-7-4-8-13(14(12)15)18(20)21/h12-15,18,22-23,26H,3-11H2,1-2H3;2-9,19H,1H3,(H,16,17)/t12-,13-,14+,15+,18-,19+,20+,21+;/m1./s1. The second-order valence-corrected chi connectivity index (χ2v) is 14.7. The summed E-state index contributed by atoms with van der Waals surface area (Å²) in [7, 11) is 0. The Morgan fingerprint density at radius 1 is 1.09 bits per heavy atom. The Morgan fingerprint density at radius 2 is 1.81 bits per heavy atom. The molecule has 4 aliphatic carbocycles. The second kappa shape index (κ2) is 12.2. The number of nitrogens with one attached hydrogen (secondary N) is 1. The molecule has 252 valence electrons. The van der Waals surface area contributed by atoms with Crippen LogP contribution in [0.25, 0.3) is 21.8 Å². The smallest absolute Gasteiger partial charge is 0.280 e. The molecular weight excluding hydrogens is 602 g/mol. The maximum Gasteiger partial charge on any atom is 0.280 e. The number of nitro groups is 1. The van der Waals surface area contributed by atoms with Gasteiger partial charge in [-0.2, -0.15) is 0 Å². The lowest BCUT2D eigenvalue weighted by Crippen LogP contribution is -2.62. The van der Waals surface area contributed by atoms with E-state index in [1.165, 1.54) is 6.07 Å². The van der Waals surface area contributed by atoms with Gasteiger partial charge in [0.25, 0.3) is 5.69 Å². The van der Waals surface area contributed by atoms with E-state index in [4.69, 9.17) is 0 Å². The first kappa shape index (κ1) is 33.4. The van der Waals surface area contributed by atoms with E-state index < -0.39 is 34.6 Å². The van der Waals surface area contributed by atoms with Crippen molar-refractivity contribution >= 4 is 44.7 Å². The molecule has 1 unspecified atom stereocenters. The number of hydrogen-bond acceptors (Lipinski definition) is 10. The fraction of sp³-hybridized carbons (Fsp3) is 0.583. The number of aromatic nitrogens is 1. The molecule has 4 fully saturated rings. The van der Waals surface area contributed by atoms with Gasteiger partial charge >= 0.3 is 0 Å². The van der Waals surface area contributed by atoms with Crippen LogP contribution in [0.3, 0.4) is 0 Å². The lowest BCUT2D eigenvalue weighted by molar-refractivity contribution is -0.383. The van der Waals surface area contributed by atoms with Crippen molar-refractivity contribution in [1.82, 2.24) is 4.98 Å². The Balaban J connectivity index is 0.000000168. The molecule has 5 N–H and O–H groups in total. The van der Waals surface area contributed by atoms with Crippen LogP contribution in [-0.4, -0.2) is 66.4 Å². The molecule has 47 heavy (non-hydrogen) atoms. The summed E-state index contributed by atoms with van der Waals surface area (Å²) >= 11 is 0. The van der Waals surface area contributed by atoms with E-state index in [1.54, 1.807) is 19.1 Å². The molecule has 4 aliphatic rings. The molecule has 2 aromatic carbocycles. The third-order valence-corrected chi connectivity index (χ3v) is 12.3. The molecule has 0 radical (unpaired) electrons. The SMILES string of the molecule is CC(O)Nc1c2ccccc2nc2cccc([N+](=O)[O-])c12.C[C@]12CC[C@@H](O)C[C@H]1CC[C@@H]1[C@@H]2C(=O)C[C@@]2(C)[C@H]1CC[C@]2(O)C(=O)CO. The van der Waals surface area contributed by atoms with Gasteiger partial charge in [0.05, 0.1) is 27.7 Å². The molecule has 3 aromatic rings. The van der Waals surface area contributed by atoms with Gasteiger partial charge in [0.1, 0.15) is 29.6 Å². The van der Waals surface area contributed by atoms with Crippen LogP contribution >= 0.6 is 0 Å².